The maximum atomic E-state index is 12.2. The standard InChI is InChI=1S/C10H6F3N2/c11-10(12,13)8-6-14-9(15-8)7-4-2-1-3-5-7/h2-6H,(H,14,15). The molecule has 0 atom stereocenters. The van der Waals surface area contributed by atoms with Crippen LogP contribution in [0.1, 0.15) is 5.69 Å². The van der Waals surface area contributed by atoms with Crippen molar-refractivity contribution in [3.63, 3.8) is 0 Å². The predicted molar refractivity (Wildman–Crippen MR) is 47.9 cm³/mol. The minimum atomic E-state index is -4.38. The molecule has 0 aliphatic carbocycles. The van der Waals surface area contributed by atoms with Crippen LogP contribution in [0.4, 0.5) is 13.2 Å². The Bertz CT molecular complexity index is 445. The van der Waals surface area contributed by atoms with E-state index in [9.17, 15) is 13.2 Å². The van der Waals surface area contributed by atoms with E-state index in [1.165, 1.54) is 0 Å². The van der Waals surface area contributed by atoms with Gasteiger partial charge in [-0.15, -0.1) is 0 Å². The van der Waals surface area contributed by atoms with Crippen LogP contribution in [0.15, 0.2) is 30.5 Å². The van der Waals surface area contributed by atoms with Gasteiger partial charge >= 0.3 is 6.18 Å². The maximum Gasteiger partial charge on any atom is 0.432 e. The number of rotatable bonds is 1. The van der Waals surface area contributed by atoms with Crippen molar-refractivity contribution in [2.75, 3.05) is 0 Å². The average molecular weight is 211 g/mol. The highest BCUT2D eigenvalue weighted by atomic mass is 19.4. The van der Waals surface area contributed by atoms with Crippen molar-refractivity contribution in [3.8, 4) is 11.4 Å². The van der Waals surface area contributed by atoms with Crippen molar-refractivity contribution in [3.05, 3.63) is 42.2 Å². The minimum Gasteiger partial charge on any atom is -0.334 e. The van der Waals surface area contributed by atoms with E-state index in [0.717, 1.165) is 6.20 Å². The van der Waals surface area contributed by atoms with E-state index in [1.807, 2.05) is 0 Å². The molecule has 2 rings (SSSR count). The lowest BCUT2D eigenvalue weighted by Crippen LogP contribution is -2.04. The maximum absolute atomic E-state index is 12.2. The highest BCUT2D eigenvalue weighted by molar-refractivity contribution is 5.54. The van der Waals surface area contributed by atoms with Crippen LogP contribution in [0.2, 0.25) is 0 Å². The highest BCUT2D eigenvalue weighted by Crippen LogP contribution is 2.29. The van der Waals surface area contributed by atoms with E-state index in [1.54, 1.807) is 24.3 Å². The van der Waals surface area contributed by atoms with E-state index in [0.29, 0.717) is 5.56 Å². The van der Waals surface area contributed by atoms with Crippen molar-refractivity contribution in [2.45, 2.75) is 6.18 Å². The summed E-state index contributed by atoms with van der Waals surface area (Å²) in [5.41, 5.74) is -0.241. The molecule has 5 heteroatoms. The third-order valence-corrected chi connectivity index (χ3v) is 1.87. The molecule has 0 saturated carbocycles. The van der Waals surface area contributed by atoms with Crippen molar-refractivity contribution >= 4 is 0 Å². The number of nitrogens with one attached hydrogen (secondary N) is 1. The van der Waals surface area contributed by atoms with E-state index < -0.39 is 11.9 Å². The molecule has 0 aliphatic rings. The second kappa shape index (κ2) is 3.42. The Labute approximate surface area is 83.8 Å². The molecule has 0 amide bonds. The molecule has 0 spiro atoms. The second-order valence-electron chi connectivity index (χ2n) is 2.93. The smallest absolute Gasteiger partial charge is 0.334 e. The molecule has 0 aliphatic heterocycles. The van der Waals surface area contributed by atoms with Gasteiger partial charge < -0.3 is 4.98 Å². The summed E-state index contributed by atoms with van der Waals surface area (Å²) in [5.74, 6) is 0.205. The lowest BCUT2D eigenvalue weighted by atomic mass is 10.2. The molecule has 2 aromatic rings. The molecule has 0 fully saturated rings. The number of hydrogen-bond acceptors (Lipinski definition) is 1. The van der Waals surface area contributed by atoms with Gasteiger partial charge in [-0.1, -0.05) is 24.3 Å². The van der Waals surface area contributed by atoms with Crippen LogP contribution in [0.5, 0.6) is 0 Å². The van der Waals surface area contributed by atoms with Crippen molar-refractivity contribution in [2.24, 2.45) is 0 Å². The molecule has 1 radical (unpaired) electrons. The van der Waals surface area contributed by atoms with Gasteiger partial charge in [-0.05, 0) is 6.07 Å². The monoisotopic (exact) mass is 211 g/mol. The zero-order valence-corrected chi connectivity index (χ0v) is 7.47. The van der Waals surface area contributed by atoms with Crippen molar-refractivity contribution < 1.29 is 13.2 Å². The van der Waals surface area contributed by atoms with E-state index >= 15 is 0 Å². The zero-order chi connectivity index (χ0) is 10.9. The summed E-state index contributed by atoms with van der Waals surface area (Å²) >= 11 is 0. The van der Waals surface area contributed by atoms with Gasteiger partial charge in [0.15, 0.2) is 0 Å². The van der Waals surface area contributed by atoms with Crippen LogP contribution in [0.3, 0.4) is 0 Å². The van der Waals surface area contributed by atoms with Crippen molar-refractivity contribution in [1.82, 2.24) is 9.97 Å². The Balaban J connectivity index is 2.37. The average Bonchev–Trinajstić information content (AvgIpc) is 2.67. The number of aromatic amines is 1. The van der Waals surface area contributed by atoms with Gasteiger partial charge in [-0.2, -0.15) is 13.2 Å². The Morgan fingerprint density at radius 3 is 2.40 bits per heavy atom. The number of alkyl halides is 3. The van der Waals surface area contributed by atoms with Gasteiger partial charge in [0.1, 0.15) is 11.5 Å². The molecule has 0 unspecified atom stereocenters. The number of aromatic nitrogens is 2. The van der Waals surface area contributed by atoms with Gasteiger partial charge in [0.05, 0.1) is 6.20 Å². The van der Waals surface area contributed by atoms with Crippen molar-refractivity contribution in [1.29, 1.82) is 0 Å². The highest BCUT2D eigenvalue weighted by Gasteiger charge is 2.32. The first-order valence-corrected chi connectivity index (χ1v) is 4.16. The summed E-state index contributed by atoms with van der Waals surface area (Å²) in [5, 5.41) is 0. The molecule has 1 N–H and O–H groups in total. The molecular weight excluding hydrogens is 205 g/mol. The first kappa shape index (κ1) is 9.76. The van der Waals surface area contributed by atoms with Crippen LogP contribution in [-0.4, -0.2) is 9.97 Å². The normalized spacial score (nSPS) is 11.7. The Morgan fingerprint density at radius 1 is 1.20 bits per heavy atom. The molecule has 0 bridgehead atoms. The lowest BCUT2D eigenvalue weighted by molar-refractivity contribution is -0.140. The summed E-state index contributed by atoms with van der Waals surface area (Å²) in [6.45, 7) is 0. The summed E-state index contributed by atoms with van der Waals surface area (Å²) in [6.07, 6.45) is -3.60. The largest absolute Gasteiger partial charge is 0.432 e. The summed E-state index contributed by atoms with van der Waals surface area (Å²) in [4.78, 5) is 5.88. The second-order valence-corrected chi connectivity index (χ2v) is 2.93. The molecule has 15 heavy (non-hydrogen) atoms. The molecule has 1 aromatic heterocycles. The first-order chi connectivity index (χ1) is 7.07. The van der Waals surface area contributed by atoms with Crippen LogP contribution < -0.4 is 0 Å². The number of H-pyrrole nitrogens is 1. The van der Waals surface area contributed by atoms with Crippen LogP contribution >= 0.6 is 0 Å². The Hall–Kier alpha value is -1.78. The summed E-state index contributed by atoms with van der Waals surface area (Å²) in [7, 11) is 0. The third-order valence-electron chi connectivity index (χ3n) is 1.87. The zero-order valence-electron chi connectivity index (χ0n) is 7.47. The Kier molecular flexibility index (Phi) is 2.22. The lowest BCUT2D eigenvalue weighted by Gasteiger charge is -2.01. The van der Waals surface area contributed by atoms with Gasteiger partial charge in [0.2, 0.25) is 0 Å². The fraction of sp³-hybridized carbons (Fsp3) is 0.100. The number of imidazole rings is 1. The summed E-state index contributed by atoms with van der Waals surface area (Å²) in [6, 6.07) is 9.28. The topological polar surface area (TPSA) is 28.7 Å². The third kappa shape index (κ3) is 2.01. The van der Waals surface area contributed by atoms with Gasteiger partial charge in [0.25, 0.3) is 0 Å². The molecule has 0 saturated heterocycles. The van der Waals surface area contributed by atoms with Gasteiger partial charge in [-0.25, -0.2) is 4.98 Å². The quantitative estimate of drug-likeness (QED) is 0.771. The summed E-state index contributed by atoms with van der Waals surface area (Å²) < 4.78 is 36.7. The number of benzene rings is 1. The molecular formula is C10H6F3N2. The minimum absolute atomic E-state index is 0.205. The fourth-order valence-corrected chi connectivity index (χ4v) is 1.16. The van der Waals surface area contributed by atoms with E-state index in [2.05, 4.69) is 16.0 Å². The van der Waals surface area contributed by atoms with Gasteiger partial charge in [0, 0.05) is 5.56 Å². The van der Waals surface area contributed by atoms with Crippen LogP contribution in [0.25, 0.3) is 11.4 Å². The number of halogens is 3. The Morgan fingerprint density at radius 2 is 1.87 bits per heavy atom. The van der Waals surface area contributed by atoms with Crippen LogP contribution in [-0.2, 0) is 6.18 Å². The molecule has 77 valence electrons. The molecule has 1 heterocycles. The number of hydrogen-bond donors (Lipinski definition) is 1. The molecule has 1 aromatic carbocycles. The first-order valence-electron chi connectivity index (χ1n) is 4.16. The molecule has 2 nitrogen and oxygen atoms in total. The predicted octanol–water partition coefficient (Wildman–Crippen LogP) is 2.90. The fourth-order valence-electron chi connectivity index (χ4n) is 1.16. The van der Waals surface area contributed by atoms with Gasteiger partial charge in [-0.3, -0.25) is 0 Å². The van der Waals surface area contributed by atoms with E-state index in [4.69, 9.17) is 0 Å². The number of nitrogens with zero attached hydrogens (tertiary/aromatic N) is 1. The van der Waals surface area contributed by atoms with E-state index in [-0.39, 0.29) is 5.82 Å². The van der Waals surface area contributed by atoms with Crippen LogP contribution in [0, 0.1) is 6.07 Å². The SMILES string of the molecule is FC(F)(F)c1cnc(-c2cc[c]cc2)[nH]1.